The number of sulfonamides is 1. The number of ether oxygens (including phenoxy) is 1. The summed E-state index contributed by atoms with van der Waals surface area (Å²) in [5, 5.41) is 2.89. The van der Waals surface area contributed by atoms with Crippen molar-refractivity contribution in [1.29, 1.82) is 0 Å². The molecule has 2 aromatic carbocycles. The summed E-state index contributed by atoms with van der Waals surface area (Å²) in [6.07, 6.45) is 3.05. The molecular weight excluding hydrogens is 364 g/mol. The third-order valence-corrected chi connectivity index (χ3v) is 5.34. The fraction of sp³-hybridized carbons (Fsp3) is 0.250. The van der Waals surface area contributed by atoms with Gasteiger partial charge in [0.05, 0.1) is 17.5 Å². The van der Waals surface area contributed by atoms with Crippen LogP contribution in [0.15, 0.2) is 59.5 Å². The van der Waals surface area contributed by atoms with Crippen LogP contribution in [-0.2, 0) is 14.8 Å². The maximum atomic E-state index is 12.1. The number of nitrogens with one attached hydrogen (secondary N) is 2. The molecule has 0 aliphatic carbocycles. The highest BCUT2D eigenvalue weighted by molar-refractivity contribution is 7.89. The number of benzene rings is 2. The van der Waals surface area contributed by atoms with Crippen LogP contribution in [0.3, 0.4) is 0 Å². The highest BCUT2D eigenvalue weighted by atomic mass is 32.2. The van der Waals surface area contributed by atoms with Gasteiger partial charge in [0.15, 0.2) is 0 Å². The zero-order chi connectivity index (χ0) is 19.9. The van der Waals surface area contributed by atoms with Crippen LogP contribution in [0, 0.1) is 0 Å². The molecule has 2 aromatic rings. The molecule has 2 N–H and O–H groups in total. The Bertz CT molecular complexity index is 906. The fourth-order valence-electron chi connectivity index (χ4n) is 2.43. The van der Waals surface area contributed by atoms with Gasteiger partial charge in [-0.2, -0.15) is 0 Å². The summed E-state index contributed by atoms with van der Waals surface area (Å²) in [5.41, 5.74) is 1.68. The summed E-state index contributed by atoms with van der Waals surface area (Å²) in [5.74, 6) is 0.527. The van der Waals surface area contributed by atoms with Crippen molar-refractivity contribution in [2.45, 2.75) is 24.8 Å². The molecule has 0 fully saturated rings. The predicted octanol–water partition coefficient (Wildman–Crippen LogP) is 2.88. The van der Waals surface area contributed by atoms with E-state index in [1.54, 1.807) is 18.2 Å². The van der Waals surface area contributed by atoms with Crippen LogP contribution in [0.5, 0.6) is 5.75 Å². The average molecular weight is 388 g/mol. The smallest absolute Gasteiger partial charge is 0.244 e. The molecule has 0 saturated heterocycles. The van der Waals surface area contributed by atoms with E-state index in [4.69, 9.17) is 4.74 Å². The second-order valence-electron chi connectivity index (χ2n) is 5.85. The molecule has 0 aromatic heterocycles. The SMILES string of the molecule is CCOc1cccc(C(C)NC(=O)/C=C/c2ccc(S(=O)(=O)NC)cc2)c1. The van der Waals surface area contributed by atoms with Gasteiger partial charge in [-0.05, 0) is 62.4 Å². The first-order valence-electron chi connectivity index (χ1n) is 8.60. The van der Waals surface area contributed by atoms with Gasteiger partial charge in [0.1, 0.15) is 5.75 Å². The minimum atomic E-state index is -3.46. The van der Waals surface area contributed by atoms with E-state index >= 15 is 0 Å². The monoisotopic (exact) mass is 388 g/mol. The third-order valence-electron chi connectivity index (χ3n) is 3.91. The maximum Gasteiger partial charge on any atom is 0.244 e. The minimum Gasteiger partial charge on any atom is -0.494 e. The van der Waals surface area contributed by atoms with Gasteiger partial charge in [0.25, 0.3) is 0 Å². The fourth-order valence-corrected chi connectivity index (χ4v) is 3.16. The molecule has 1 amide bonds. The number of carbonyl (C=O) groups excluding carboxylic acids is 1. The van der Waals surface area contributed by atoms with Crippen molar-refractivity contribution in [3.63, 3.8) is 0 Å². The molecule has 0 radical (unpaired) electrons. The van der Waals surface area contributed by atoms with E-state index in [0.717, 1.165) is 16.9 Å². The molecule has 0 heterocycles. The molecule has 7 heteroatoms. The van der Waals surface area contributed by atoms with Crippen molar-refractivity contribution in [3.8, 4) is 5.75 Å². The molecule has 2 rings (SSSR count). The Hall–Kier alpha value is -2.64. The zero-order valence-electron chi connectivity index (χ0n) is 15.6. The van der Waals surface area contributed by atoms with Gasteiger partial charge in [0, 0.05) is 6.08 Å². The summed E-state index contributed by atoms with van der Waals surface area (Å²) < 4.78 is 31.1. The van der Waals surface area contributed by atoms with Crippen LogP contribution in [-0.4, -0.2) is 28.0 Å². The van der Waals surface area contributed by atoms with E-state index in [1.807, 2.05) is 38.1 Å². The number of rotatable bonds is 8. The van der Waals surface area contributed by atoms with Gasteiger partial charge in [-0.15, -0.1) is 0 Å². The molecular formula is C20H24N2O4S. The number of amides is 1. The Balaban J connectivity index is 1.99. The van der Waals surface area contributed by atoms with E-state index in [9.17, 15) is 13.2 Å². The first kappa shape index (κ1) is 20.7. The summed E-state index contributed by atoms with van der Waals surface area (Å²) >= 11 is 0. The lowest BCUT2D eigenvalue weighted by Crippen LogP contribution is -2.24. The van der Waals surface area contributed by atoms with Gasteiger partial charge in [-0.3, -0.25) is 4.79 Å². The molecule has 0 spiro atoms. The van der Waals surface area contributed by atoms with E-state index in [1.165, 1.54) is 25.3 Å². The normalized spacial score (nSPS) is 12.7. The van der Waals surface area contributed by atoms with Crippen LogP contribution in [0.1, 0.15) is 31.0 Å². The Morgan fingerprint density at radius 2 is 1.89 bits per heavy atom. The van der Waals surface area contributed by atoms with Crippen LogP contribution >= 0.6 is 0 Å². The number of carbonyl (C=O) groups is 1. The summed E-state index contributed by atoms with van der Waals surface area (Å²) in [6, 6.07) is 13.7. The molecule has 0 saturated carbocycles. The van der Waals surface area contributed by atoms with Gasteiger partial charge in [-0.25, -0.2) is 13.1 Å². The van der Waals surface area contributed by atoms with Crippen molar-refractivity contribution in [3.05, 3.63) is 65.7 Å². The van der Waals surface area contributed by atoms with Crippen LogP contribution in [0.4, 0.5) is 0 Å². The van der Waals surface area contributed by atoms with Crippen molar-refractivity contribution in [2.24, 2.45) is 0 Å². The van der Waals surface area contributed by atoms with Crippen LogP contribution < -0.4 is 14.8 Å². The Morgan fingerprint density at radius 1 is 1.19 bits per heavy atom. The average Bonchev–Trinajstić information content (AvgIpc) is 2.67. The maximum absolute atomic E-state index is 12.1. The zero-order valence-corrected chi connectivity index (χ0v) is 16.4. The van der Waals surface area contributed by atoms with Gasteiger partial charge in [-0.1, -0.05) is 24.3 Å². The number of hydrogen-bond acceptors (Lipinski definition) is 4. The first-order valence-corrected chi connectivity index (χ1v) is 10.1. The second kappa shape index (κ2) is 9.34. The van der Waals surface area contributed by atoms with Gasteiger partial charge in [0.2, 0.25) is 15.9 Å². The van der Waals surface area contributed by atoms with E-state index in [2.05, 4.69) is 10.0 Å². The molecule has 6 nitrogen and oxygen atoms in total. The Kier molecular flexibility index (Phi) is 7.15. The second-order valence-corrected chi connectivity index (χ2v) is 7.73. The third kappa shape index (κ3) is 5.94. The lowest BCUT2D eigenvalue weighted by Gasteiger charge is -2.14. The quantitative estimate of drug-likeness (QED) is 0.681. The topological polar surface area (TPSA) is 84.5 Å². The summed E-state index contributed by atoms with van der Waals surface area (Å²) in [4.78, 5) is 12.3. The molecule has 144 valence electrons. The highest BCUT2D eigenvalue weighted by Crippen LogP contribution is 2.19. The Labute approximate surface area is 160 Å². The molecule has 27 heavy (non-hydrogen) atoms. The first-order chi connectivity index (χ1) is 12.9. The van der Waals surface area contributed by atoms with Crippen molar-refractivity contribution in [2.75, 3.05) is 13.7 Å². The molecule has 0 aliphatic rings. The summed E-state index contributed by atoms with van der Waals surface area (Å²) in [7, 11) is -2.10. The highest BCUT2D eigenvalue weighted by Gasteiger charge is 2.10. The Morgan fingerprint density at radius 3 is 2.52 bits per heavy atom. The molecule has 1 atom stereocenters. The molecule has 0 aliphatic heterocycles. The van der Waals surface area contributed by atoms with Crippen LogP contribution in [0.25, 0.3) is 6.08 Å². The number of hydrogen-bond donors (Lipinski definition) is 2. The lowest BCUT2D eigenvalue weighted by atomic mass is 10.1. The van der Waals surface area contributed by atoms with E-state index in [0.29, 0.717) is 6.61 Å². The van der Waals surface area contributed by atoms with Crippen molar-refractivity contribution < 1.29 is 17.9 Å². The predicted molar refractivity (Wildman–Crippen MR) is 106 cm³/mol. The van der Waals surface area contributed by atoms with Gasteiger partial charge < -0.3 is 10.1 Å². The van der Waals surface area contributed by atoms with Crippen molar-refractivity contribution in [1.82, 2.24) is 10.0 Å². The summed E-state index contributed by atoms with van der Waals surface area (Å²) in [6.45, 7) is 4.40. The van der Waals surface area contributed by atoms with E-state index < -0.39 is 10.0 Å². The standard InChI is InChI=1S/C20H24N2O4S/c1-4-26-18-7-5-6-17(14-18)15(2)22-20(23)13-10-16-8-11-19(12-9-16)27(24,25)21-3/h5-15,21H,4H2,1-3H3,(H,22,23)/b13-10+. The van der Waals surface area contributed by atoms with Crippen molar-refractivity contribution >= 4 is 22.0 Å². The molecule has 0 bridgehead atoms. The lowest BCUT2D eigenvalue weighted by molar-refractivity contribution is -0.117. The van der Waals surface area contributed by atoms with Gasteiger partial charge >= 0.3 is 0 Å². The molecule has 1 unspecified atom stereocenters. The minimum absolute atomic E-state index is 0.175. The van der Waals surface area contributed by atoms with E-state index in [-0.39, 0.29) is 16.8 Å². The van der Waals surface area contributed by atoms with Crippen LogP contribution in [0.2, 0.25) is 0 Å². The largest absolute Gasteiger partial charge is 0.494 e.